The van der Waals surface area contributed by atoms with E-state index in [9.17, 15) is 0 Å². The van der Waals surface area contributed by atoms with Crippen LogP contribution in [0.1, 0.15) is 0 Å². The predicted octanol–water partition coefficient (Wildman–Crippen LogP) is 0.0442. The summed E-state index contributed by atoms with van der Waals surface area (Å²) in [7, 11) is 1.93. The van der Waals surface area contributed by atoms with Crippen LogP contribution in [0.3, 0.4) is 0 Å². The number of quaternary nitrogens is 1. The molecule has 11 heavy (non-hydrogen) atoms. The van der Waals surface area contributed by atoms with E-state index in [0.717, 1.165) is 22.2 Å². The van der Waals surface area contributed by atoms with Gasteiger partial charge in [0.2, 0.25) is 0 Å². The van der Waals surface area contributed by atoms with Gasteiger partial charge in [-0.1, -0.05) is 11.8 Å². The van der Waals surface area contributed by atoms with Crippen molar-refractivity contribution < 1.29 is 5.12 Å². The quantitative estimate of drug-likeness (QED) is 0.457. The molecule has 4 nitrogen and oxygen atoms in total. The lowest BCUT2D eigenvalue weighted by atomic mass is 10.2. The highest BCUT2D eigenvalue weighted by atomic mass is 15.7. The number of hydrogen-bond acceptors (Lipinski definition) is 2. The Hall–Kier alpha value is -1.42. The van der Waals surface area contributed by atoms with Crippen molar-refractivity contribution in [1.82, 2.24) is 0 Å². The summed E-state index contributed by atoms with van der Waals surface area (Å²) in [4.78, 5) is 0. The monoisotopic (exact) mass is 150 g/mol. The third-order valence-corrected chi connectivity index (χ3v) is 1.62. The number of nitrogens with two attached hydrogens (primary N) is 1. The first-order valence-corrected chi connectivity index (χ1v) is 3.47. The maximum absolute atomic E-state index is 5.59. The van der Waals surface area contributed by atoms with Gasteiger partial charge in [-0.15, -0.1) is 0 Å². The second kappa shape index (κ2) is 2.03. The van der Waals surface area contributed by atoms with Crippen LogP contribution < -0.4 is 16.3 Å². The van der Waals surface area contributed by atoms with E-state index in [1.165, 1.54) is 0 Å². The molecule has 0 aliphatic carbocycles. The lowest BCUT2D eigenvalue weighted by Crippen LogP contribution is -3.06. The summed E-state index contributed by atoms with van der Waals surface area (Å²) >= 11 is 0. The zero-order valence-corrected chi connectivity index (χ0v) is 6.26. The standard InChI is InChI=1S/C7H10N4/c1-11-9-6-3-2-5(8)4-7(6)10-11/h2-4,10-11H,8H2,1H3. The van der Waals surface area contributed by atoms with E-state index in [-0.39, 0.29) is 0 Å². The highest BCUT2D eigenvalue weighted by Crippen LogP contribution is 2.30. The fraction of sp³-hybridized carbons (Fsp3) is 0.143. The number of benzene rings is 1. The fourth-order valence-corrected chi connectivity index (χ4v) is 1.15. The third-order valence-electron chi connectivity index (χ3n) is 1.62. The van der Waals surface area contributed by atoms with Crippen molar-refractivity contribution in [2.24, 2.45) is 0 Å². The van der Waals surface area contributed by atoms with E-state index >= 15 is 0 Å². The van der Waals surface area contributed by atoms with Gasteiger partial charge in [-0.2, -0.15) is 0 Å². The Bertz CT molecular complexity index is 284. The van der Waals surface area contributed by atoms with Gasteiger partial charge in [0, 0.05) is 5.69 Å². The van der Waals surface area contributed by atoms with Gasteiger partial charge >= 0.3 is 0 Å². The lowest BCUT2D eigenvalue weighted by molar-refractivity contribution is -0.807. The zero-order chi connectivity index (χ0) is 7.84. The molecule has 0 saturated heterocycles. The highest BCUT2D eigenvalue weighted by molar-refractivity contribution is 5.75. The van der Waals surface area contributed by atoms with Crippen LogP contribution in [0.5, 0.6) is 0 Å². The van der Waals surface area contributed by atoms with Gasteiger partial charge < -0.3 is 11.2 Å². The first-order valence-electron chi connectivity index (χ1n) is 3.47. The first-order chi connectivity index (χ1) is 5.25. The molecular weight excluding hydrogens is 140 g/mol. The number of rotatable bonds is 0. The zero-order valence-electron chi connectivity index (χ0n) is 6.26. The van der Waals surface area contributed by atoms with Gasteiger partial charge in [0.1, 0.15) is 0 Å². The van der Waals surface area contributed by atoms with Gasteiger partial charge in [0.15, 0.2) is 0 Å². The number of nitrogens with zero attached hydrogens (tertiary/aromatic N) is 1. The second-order valence-corrected chi connectivity index (χ2v) is 2.60. The minimum Gasteiger partial charge on any atom is -0.460 e. The highest BCUT2D eigenvalue weighted by Gasteiger charge is 2.06. The Labute approximate surface area is 64.9 Å². The lowest BCUT2D eigenvalue weighted by Gasteiger charge is -2.16. The molecule has 0 aromatic heterocycles. The Balaban J connectivity index is 2.43. The van der Waals surface area contributed by atoms with Crippen LogP contribution in [0.25, 0.3) is 5.43 Å². The first kappa shape index (κ1) is 6.30. The van der Waals surface area contributed by atoms with E-state index in [0.29, 0.717) is 0 Å². The van der Waals surface area contributed by atoms with E-state index in [2.05, 4.69) is 10.9 Å². The van der Waals surface area contributed by atoms with Crippen molar-refractivity contribution >= 4 is 17.1 Å². The van der Waals surface area contributed by atoms with Crippen molar-refractivity contribution in [3.05, 3.63) is 23.6 Å². The average molecular weight is 150 g/mol. The Morgan fingerprint density at radius 2 is 2.36 bits per heavy atom. The van der Waals surface area contributed by atoms with Gasteiger partial charge in [0.25, 0.3) is 0 Å². The van der Waals surface area contributed by atoms with Crippen molar-refractivity contribution in [2.75, 3.05) is 18.2 Å². The maximum atomic E-state index is 5.59. The van der Waals surface area contributed by atoms with Crippen LogP contribution in [-0.4, -0.2) is 7.05 Å². The summed E-state index contributed by atoms with van der Waals surface area (Å²) in [5.41, 5.74) is 15.7. The van der Waals surface area contributed by atoms with Crippen LogP contribution in [-0.2, 0) is 0 Å². The van der Waals surface area contributed by atoms with Crippen molar-refractivity contribution in [3.8, 4) is 0 Å². The van der Waals surface area contributed by atoms with Crippen molar-refractivity contribution in [1.29, 1.82) is 0 Å². The maximum Gasteiger partial charge on any atom is 0.0840 e. The SMILES string of the molecule is C[NH+]1[N-]c2ccc(N)cc2N1. The molecule has 4 N–H and O–H groups in total. The summed E-state index contributed by atoms with van der Waals surface area (Å²) in [6.07, 6.45) is 0. The molecule has 1 aliphatic rings. The van der Waals surface area contributed by atoms with Gasteiger partial charge in [-0.25, -0.2) is 5.43 Å². The molecule has 0 spiro atoms. The van der Waals surface area contributed by atoms with Crippen molar-refractivity contribution in [2.45, 2.75) is 0 Å². The predicted molar refractivity (Wildman–Crippen MR) is 44.4 cm³/mol. The summed E-state index contributed by atoms with van der Waals surface area (Å²) in [5, 5.41) is 0.922. The number of hydrogen-bond donors (Lipinski definition) is 3. The number of nitrogen functional groups attached to an aromatic ring is 1. The fourth-order valence-electron chi connectivity index (χ4n) is 1.15. The molecule has 0 bridgehead atoms. The molecule has 0 radical (unpaired) electrons. The summed E-state index contributed by atoms with van der Waals surface area (Å²) in [6, 6.07) is 5.64. The van der Waals surface area contributed by atoms with E-state index < -0.39 is 0 Å². The Morgan fingerprint density at radius 3 is 3.18 bits per heavy atom. The van der Waals surface area contributed by atoms with Crippen LogP contribution in [0.2, 0.25) is 0 Å². The molecule has 0 fully saturated rings. The van der Waals surface area contributed by atoms with E-state index in [1.54, 1.807) is 0 Å². The largest absolute Gasteiger partial charge is 0.460 e. The second-order valence-electron chi connectivity index (χ2n) is 2.60. The molecule has 0 saturated carbocycles. The molecule has 1 aromatic rings. The molecule has 1 heterocycles. The molecule has 4 heteroatoms. The number of nitrogens with one attached hydrogen (secondary N) is 2. The number of fused-ring (bicyclic) bond motifs is 1. The molecule has 1 unspecified atom stereocenters. The Kier molecular flexibility index (Phi) is 1.16. The molecule has 2 rings (SSSR count). The van der Waals surface area contributed by atoms with Crippen LogP contribution >= 0.6 is 0 Å². The van der Waals surface area contributed by atoms with E-state index in [4.69, 9.17) is 5.73 Å². The number of anilines is 2. The molecule has 58 valence electrons. The molecule has 1 aromatic carbocycles. The van der Waals surface area contributed by atoms with E-state index in [1.807, 2.05) is 25.2 Å². The normalized spacial score (nSPS) is 20.3. The summed E-state index contributed by atoms with van der Waals surface area (Å²) < 4.78 is 0. The van der Waals surface area contributed by atoms with Gasteiger partial charge in [-0.05, 0) is 12.1 Å². The minimum absolute atomic E-state index is 0.765. The Morgan fingerprint density at radius 1 is 1.55 bits per heavy atom. The van der Waals surface area contributed by atoms with Gasteiger partial charge in [0.05, 0.1) is 12.7 Å². The summed E-state index contributed by atoms with van der Waals surface area (Å²) in [6.45, 7) is 0. The van der Waals surface area contributed by atoms with Crippen LogP contribution in [0.4, 0.5) is 17.1 Å². The summed E-state index contributed by atoms with van der Waals surface area (Å²) in [5.74, 6) is 0. The minimum atomic E-state index is 0.765. The average Bonchev–Trinajstić information content (AvgIpc) is 2.27. The molecule has 1 atom stereocenters. The molecule has 0 amide bonds. The molecular formula is C7H10N4. The van der Waals surface area contributed by atoms with Crippen molar-refractivity contribution in [3.63, 3.8) is 0 Å². The van der Waals surface area contributed by atoms with Crippen LogP contribution in [0, 0.1) is 0 Å². The van der Waals surface area contributed by atoms with Crippen LogP contribution in [0.15, 0.2) is 18.2 Å². The van der Waals surface area contributed by atoms with Gasteiger partial charge in [-0.3, -0.25) is 5.12 Å². The smallest absolute Gasteiger partial charge is 0.0840 e. The molecule has 1 aliphatic heterocycles. The third kappa shape index (κ3) is 0.969. The topological polar surface area (TPSA) is 56.6 Å².